The van der Waals surface area contributed by atoms with Crippen LogP contribution in [0.3, 0.4) is 0 Å². The highest BCUT2D eigenvalue weighted by Gasteiger charge is 2.14. The van der Waals surface area contributed by atoms with E-state index in [1.807, 2.05) is 32.0 Å². The maximum Gasteiger partial charge on any atom is 0.269 e. The van der Waals surface area contributed by atoms with E-state index in [1.165, 1.54) is 6.92 Å². The first-order valence-corrected chi connectivity index (χ1v) is 5.15. The van der Waals surface area contributed by atoms with Crippen molar-refractivity contribution in [3.63, 3.8) is 0 Å². The van der Waals surface area contributed by atoms with E-state index in [4.69, 9.17) is 5.26 Å². The minimum Gasteiger partial charge on any atom is -0.511 e. The van der Waals surface area contributed by atoms with Gasteiger partial charge in [0.2, 0.25) is 0 Å². The first-order valence-electron chi connectivity index (χ1n) is 5.15. The number of hydrogen-bond acceptors (Lipinski definition) is 3. The minimum atomic E-state index is -0.593. The summed E-state index contributed by atoms with van der Waals surface area (Å²) in [6.45, 7) is 5.04. The largest absolute Gasteiger partial charge is 0.511 e. The molecule has 0 aromatic heterocycles. The lowest BCUT2D eigenvalue weighted by atomic mass is 10.1. The summed E-state index contributed by atoms with van der Waals surface area (Å²) in [5, 5.41) is 20.6. The van der Waals surface area contributed by atoms with Crippen LogP contribution in [-0.4, -0.2) is 11.0 Å². The van der Waals surface area contributed by atoms with Gasteiger partial charge in [-0.25, -0.2) is 0 Å². The maximum atomic E-state index is 11.7. The quantitative estimate of drug-likeness (QED) is 0.466. The van der Waals surface area contributed by atoms with Gasteiger partial charge in [0.05, 0.1) is 0 Å². The van der Waals surface area contributed by atoms with Gasteiger partial charge < -0.3 is 10.4 Å². The summed E-state index contributed by atoms with van der Waals surface area (Å²) in [5.41, 5.74) is 2.22. The van der Waals surface area contributed by atoms with Crippen LogP contribution < -0.4 is 5.32 Å². The Labute approximate surface area is 100 Å². The van der Waals surface area contributed by atoms with Crippen LogP contribution >= 0.6 is 0 Å². The average Bonchev–Trinajstić information content (AvgIpc) is 2.24. The van der Waals surface area contributed by atoms with Crippen molar-refractivity contribution in [2.24, 2.45) is 0 Å². The number of allylic oxidation sites excluding steroid dienone is 1. The lowest BCUT2D eigenvalue weighted by Gasteiger charge is -2.10. The molecule has 0 aliphatic carbocycles. The van der Waals surface area contributed by atoms with E-state index in [9.17, 15) is 9.90 Å². The molecule has 1 aromatic rings. The fraction of sp³-hybridized carbons (Fsp3) is 0.231. The number of aliphatic hydroxyl groups is 1. The molecule has 0 bridgehead atoms. The number of aliphatic hydroxyl groups excluding tert-OH is 1. The fourth-order valence-corrected chi connectivity index (χ4v) is 1.48. The second-order valence-corrected chi connectivity index (χ2v) is 3.79. The lowest BCUT2D eigenvalue weighted by Crippen LogP contribution is -2.16. The van der Waals surface area contributed by atoms with Crippen molar-refractivity contribution >= 4 is 11.6 Å². The van der Waals surface area contributed by atoms with Crippen LogP contribution in [0.1, 0.15) is 18.1 Å². The number of nitrogens with one attached hydrogen (secondary N) is 1. The zero-order valence-electron chi connectivity index (χ0n) is 10.0. The lowest BCUT2D eigenvalue weighted by molar-refractivity contribution is -0.112. The molecular weight excluding hydrogens is 216 g/mol. The van der Waals surface area contributed by atoms with Crippen molar-refractivity contribution in [1.29, 1.82) is 5.26 Å². The molecular formula is C13H14N2O2. The molecule has 0 fully saturated rings. The molecule has 0 heterocycles. The van der Waals surface area contributed by atoms with Crippen molar-refractivity contribution in [1.82, 2.24) is 0 Å². The van der Waals surface area contributed by atoms with Crippen molar-refractivity contribution in [2.75, 3.05) is 5.32 Å². The number of rotatable bonds is 2. The van der Waals surface area contributed by atoms with Gasteiger partial charge in [-0.3, -0.25) is 4.79 Å². The summed E-state index contributed by atoms with van der Waals surface area (Å²) < 4.78 is 0. The van der Waals surface area contributed by atoms with E-state index in [2.05, 4.69) is 5.32 Å². The Kier molecular flexibility index (Phi) is 3.89. The second kappa shape index (κ2) is 5.17. The molecule has 4 heteroatoms. The SMILES string of the molecule is C/C(O)=C(\C#N)C(=O)Nc1c(C)cccc1C. The first-order chi connectivity index (χ1) is 7.97. The Morgan fingerprint density at radius 1 is 1.35 bits per heavy atom. The fourth-order valence-electron chi connectivity index (χ4n) is 1.48. The van der Waals surface area contributed by atoms with Crippen molar-refractivity contribution in [2.45, 2.75) is 20.8 Å². The summed E-state index contributed by atoms with van der Waals surface area (Å²) in [4.78, 5) is 11.7. The number of carbonyl (C=O) groups is 1. The number of para-hydroxylation sites is 1. The van der Waals surface area contributed by atoms with E-state index < -0.39 is 5.91 Å². The molecule has 1 rings (SSSR count). The molecule has 0 aliphatic rings. The Balaban J connectivity index is 3.05. The third-order valence-electron chi connectivity index (χ3n) is 2.42. The molecule has 0 radical (unpaired) electrons. The Morgan fingerprint density at radius 2 is 1.88 bits per heavy atom. The van der Waals surface area contributed by atoms with Crippen LogP contribution in [0.25, 0.3) is 0 Å². The Hall–Kier alpha value is -2.28. The second-order valence-electron chi connectivity index (χ2n) is 3.79. The van der Waals surface area contributed by atoms with Gasteiger partial charge in [0.25, 0.3) is 5.91 Å². The van der Waals surface area contributed by atoms with Crippen LogP contribution in [0.2, 0.25) is 0 Å². The van der Waals surface area contributed by atoms with E-state index in [1.54, 1.807) is 6.07 Å². The van der Waals surface area contributed by atoms with Gasteiger partial charge in [0.15, 0.2) is 5.57 Å². The van der Waals surface area contributed by atoms with Crippen LogP contribution in [0.5, 0.6) is 0 Å². The molecule has 88 valence electrons. The van der Waals surface area contributed by atoms with E-state index in [0.29, 0.717) is 5.69 Å². The smallest absolute Gasteiger partial charge is 0.269 e. The molecule has 0 saturated carbocycles. The third kappa shape index (κ3) is 2.85. The summed E-state index contributed by atoms with van der Waals surface area (Å²) >= 11 is 0. The Bertz CT molecular complexity index is 500. The highest BCUT2D eigenvalue weighted by Crippen LogP contribution is 2.20. The third-order valence-corrected chi connectivity index (χ3v) is 2.42. The first kappa shape index (κ1) is 12.8. The number of anilines is 1. The molecule has 0 spiro atoms. The van der Waals surface area contributed by atoms with Crippen molar-refractivity contribution in [3.05, 3.63) is 40.7 Å². The highest BCUT2D eigenvalue weighted by atomic mass is 16.3. The van der Waals surface area contributed by atoms with Crippen LogP contribution in [0.15, 0.2) is 29.5 Å². The number of amides is 1. The van der Waals surface area contributed by atoms with Crippen LogP contribution in [-0.2, 0) is 4.79 Å². The van der Waals surface area contributed by atoms with Gasteiger partial charge in [-0.05, 0) is 31.9 Å². The summed E-state index contributed by atoms with van der Waals surface area (Å²) in [6.07, 6.45) is 0. The predicted octanol–water partition coefficient (Wildman–Crippen LogP) is 2.60. The predicted molar refractivity (Wildman–Crippen MR) is 65.5 cm³/mol. The Morgan fingerprint density at radius 3 is 2.29 bits per heavy atom. The van der Waals surface area contributed by atoms with Gasteiger partial charge in [-0.2, -0.15) is 5.26 Å². The maximum absolute atomic E-state index is 11.7. The van der Waals surface area contributed by atoms with Crippen molar-refractivity contribution in [3.8, 4) is 6.07 Å². The molecule has 0 aliphatic heterocycles. The molecule has 1 amide bonds. The summed E-state index contributed by atoms with van der Waals surface area (Å²) in [7, 11) is 0. The van der Waals surface area contributed by atoms with E-state index in [-0.39, 0.29) is 11.3 Å². The average molecular weight is 230 g/mol. The molecule has 0 unspecified atom stereocenters. The van der Waals surface area contributed by atoms with Gasteiger partial charge in [0, 0.05) is 5.69 Å². The molecule has 0 atom stereocenters. The zero-order chi connectivity index (χ0) is 13.0. The van der Waals surface area contributed by atoms with Gasteiger partial charge in [0.1, 0.15) is 11.8 Å². The molecule has 17 heavy (non-hydrogen) atoms. The normalized spacial score (nSPS) is 11.4. The summed E-state index contributed by atoms with van der Waals surface area (Å²) in [6, 6.07) is 7.30. The van der Waals surface area contributed by atoms with Crippen molar-refractivity contribution < 1.29 is 9.90 Å². The van der Waals surface area contributed by atoms with Gasteiger partial charge >= 0.3 is 0 Å². The van der Waals surface area contributed by atoms with Gasteiger partial charge in [-0.1, -0.05) is 18.2 Å². The minimum absolute atomic E-state index is 0.271. The molecule has 1 aromatic carbocycles. The van der Waals surface area contributed by atoms with Gasteiger partial charge in [-0.15, -0.1) is 0 Å². The van der Waals surface area contributed by atoms with Crippen LogP contribution in [0.4, 0.5) is 5.69 Å². The number of nitrogens with zero attached hydrogens (tertiary/aromatic N) is 1. The number of benzene rings is 1. The number of carbonyl (C=O) groups excluding carboxylic acids is 1. The standard InChI is InChI=1S/C13H14N2O2/c1-8-5-4-6-9(2)12(8)15-13(17)11(7-14)10(3)16/h4-6,16H,1-3H3,(H,15,17)/b11-10-. The zero-order valence-corrected chi connectivity index (χ0v) is 10.0. The monoisotopic (exact) mass is 230 g/mol. The van der Waals surface area contributed by atoms with E-state index >= 15 is 0 Å². The van der Waals surface area contributed by atoms with E-state index in [0.717, 1.165) is 11.1 Å². The number of nitriles is 1. The number of hydrogen-bond donors (Lipinski definition) is 2. The molecule has 2 N–H and O–H groups in total. The molecule has 0 saturated heterocycles. The number of aryl methyl sites for hydroxylation is 2. The summed E-state index contributed by atoms with van der Waals surface area (Å²) in [5.74, 6) is -0.874. The highest BCUT2D eigenvalue weighted by molar-refractivity contribution is 6.07. The van der Waals surface area contributed by atoms with Crippen LogP contribution in [0, 0.1) is 25.2 Å². The topological polar surface area (TPSA) is 73.1 Å². The molecule has 4 nitrogen and oxygen atoms in total.